The predicted molar refractivity (Wildman–Crippen MR) is 153 cm³/mol. The molecule has 4 N–H and O–H groups in total. The molecule has 0 aliphatic carbocycles. The zero-order valence-corrected chi connectivity index (χ0v) is 23.8. The molecule has 0 saturated carbocycles. The third-order valence-electron chi connectivity index (χ3n) is 4.95. The van der Waals surface area contributed by atoms with Gasteiger partial charge >= 0.3 is 6.09 Å². The molecule has 12 heteroatoms. The first kappa shape index (κ1) is 30.4. The Morgan fingerprint density at radius 3 is 2.52 bits per heavy atom. The molecule has 0 saturated heterocycles. The molecule has 0 aliphatic heterocycles. The van der Waals surface area contributed by atoms with E-state index in [9.17, 15) is 14.7 Å². The lowest BCUT2D eigenvalue weighted by molar-refractivity contribution is -0.126. The van der Waals surface area contributed by atoms with E-state index in [1.54, 1.807) is 39.0 Å². The second-order valence-corrected chi connectivity index (χ2v) is 10.3. The van der Waals surface area contributed by atoms with Crippen molar-refractivity contribution >= 4 is 45.3 Å². The fourth-order valence-electron chi connectivity index (χ4n) is 3.27. The second kappa shape index (κ2) is 14.3. The van der Waals surface area contributed by atoms with E-state index in [2.05, 4.69) is 47.9 Å². The van der Waals surface area contributed by atoms with Crippen molar-refractivity contribution in [3.8, 4) is 18.2 Å². The van der Waals surface area contributed by atoms with Gasteiger partial charge in [-0.3, -0.25) is 9.63 Å². The van der Waals surface area contributed by atoms with Crippen LogP contribution in [0.1, 0.15) is 31.9 Å². The molecule has 0 spiro atoms. The summed E-state index contributed by atoms with van der Waals surface area (Å²) in [5.74, 6) is 2.23. The highest BCUT2D eigenvalue weighted by atomic mass is 79.9. The van der Waals surface area contributed by atoms with Crippen LogP contribution in [0.15, 0.2) is 59.2 Å². The molecule has 0 aliphatic rings. The number of halogens is 1. The number of carbonyl (C=O) groups excluding carboxylic acids is 2. The molecule has 11 nitrogen and oxygen atoms in total. The summed E-state index contributed by atoms with van der Waals surface area (Å²) in [6, 6.07) is 14.0. The number of anilines is 3. The molecule has 2 amide bonds. The molecular weight excluding hydrogens is 582 g/mol. The fourth-order valence-corrected chi connectivity index (χ4v) is 3.57. The maximum Gasteiger partial charge on any atom is 0.432 e. The first-order valence-corrected chi connectivity index (χ1v) is 13.0. The minimum absolute atomic E-state index is 0.0256. The van der Waals surface area contributed by atoms with Gasteiger partial charge < -0.3 is 25.2 Å². The van der Waals surface area contributed by atoms with Gasteiger partial charge in [-0.25, -0.2) is 9.78 Å². The number of aliphatic hydroxyl groups is 1. The highest BCUT2D eigenvalue weighted by Gasteiger charge is 2.25. The van der Waals surface area contributed by atoms with Crippen LogP contribution in [0.4, 0.5) is 22.1 Å². The topological polar surface area (TPSA) is 144 Å². The number of terminal acetylenes is 1. The number of aliphatic hydroxyl groups excluding tert-OH is 1. The first-order valence-electron chi connectivity index (χ1n) is 12.2. The summed E-state index contributed by atoms with van der Waals surface area (Å²) in [4.78, 5) is 39.4. The van der Waals surface area contributed by atoms with Gasteiger partial charge in [0.25, 0.3) is 5.91 Å². The lowest BCUT2D eigenvalue weighted by Gasteiger charge is -2.22. The van der Waals surface area contributed by atoms with E-state index in [0.29, 0.717) is 21.4 Å². The van der Waals surface area contributed by atoms with E-state index in [0.717, 1.165) is 5.56 Å². The Labute approximate surface area is 240 Å². The van der Waals surface area contributed by atoms with E-state index in [4.69, 9.17) is 20.7 Å². The van der Waals surface area contributed by atoms with Gasteiger partial charge in [-0.2, -0.15) is 10.5 Å². The minimum Gasteiger partial charge on any atom is -0.464 e. The number of amides is 2. The molecule has 0 bridgehead atoms. The van der Waals surface area contributed by atoms with E-state index in [-0.39, 0.29) is 31.5 Å². The molecule has 3 rings (SSSR count). The van der Waals surface area contributed by atoms with E-state index < -0.39 is 23.7 Å². The van der Waals surface area contributed by atoms with Crippen LogP contribution in [0.25, 0.3) is 0 Å². The number of aromatic nitrogens is 2. The Hall–Kier alpha value is -4.18. The zero-order chi connectivity index (χ0) is 29.1. The highest BCUT2D eigenvalue weighted by molar-refractivity contribution is 9.10. The van der Waals surface area contributed by atoms with Crippen molar-refractivity contribution in [3.05, 3.63) is 70.3 Å². The van der Waals surface area contributed by atoms with E-state index in [1.807, 2.05) is 30.3 Å². The summed E-state index contributed by atoms with van der Waals surface area (Å²) < 4.78 is 11.3. The van der Waals surface area contributed by atoms with Crippen LogP contribution in [0.2, 0.25) is 0 Å². The number of hydrogen-bond donors (Lipinski definition) is 4. The van der Waals surface area contributed by atoms with Crippen LogP contribution < -0.4 is 20.9 Å². The number of nitrogens with one attached hydrogen (secondary N) is 3. The first-order chi connectivity index (χ1) is 19.1. The monoisotopic (exact) mass is 611 g/mol. The number of carbonyl (C=O) groups is 2. The molecule has 0 fully saturated rings. The molecule has 40 heavy (non-hydrogen) atoms. The van der Waals surface area contributed by atoms with Crippen molar-refractivity contribution in [3.63, 3.8) is 0 Å². The Balaban J connectivity index is 1.80. The molecule has 1 atom stereocenters. The molecular formula is C28H30BrN5O6. The number of hydroxylamine groups is 1. The average molecular weight is 612 g/mol. The number of nitrogens with zero attached hydrogens (tertiary/aromatic N) is 2. The van der Waals surface area contributed by atoms with Crippen LogP contribution in [-0.4, -0.2) is 45.4 Å². The van der Waals surface area contributed by atoms with Gasteiger partial charge in [0.15, 0.2) is 12.7 Å². The second-order valence-electron chi connectivity index (χ2n) is 9.43. The quantitative estimate of drug-likeness (QED) is 0.182. The Morgan fingerprint density at radius 1 is 1.12 bits per heavy atom. The molecule has 1 aromatic heterocycles. The Kier molecular flexibility index (Phi) is 10.8. The molecule has 2 aromatic carbocycles. The van der Waals surface area contributed by atoms with Crippen LogP contribution in [0.5, 0.6) is 5.88 Å². The molecule has 1 heterocycles. The predicted octanol–water partition coefficient (Wildman–Crippen LogP) is 4.49. The Morgan fingerprint density at radius 2 is 1.85 bits per heavy atom. The van der Waals surface area contributed by atoms with Crippen LogP contribution in [0.3, 0.4) is 0 Å². The van der Waals surface area contributed by atoms with E-state index in [1.165, 1.54) is 6.20 Å². The SMILES string of the molecule is C#CCOc1nc(Nc2cc(CO)cc(NC(=O)[C@@H](Cc3ccccc3)OC(=O)NOC(C)(C)C)c2)ncc1Br. The van der Waals surface area contributed by atoms with Gasteiger partial charge in [0, 0.05) is 17.8 Å². The van der Waals surface area contributed by atoms with Crippen molar-refractivity contribution in [1.29, 1.82) is 0 Å². The van der Waals surface area contributed by atoms with Crippen LogP contribution in [-0.2, 0) is 27.4 Å². The van der Waals surface area contributed by atoms with Gasteiger partial charge in [0.05, 0.1) is 22.9 Å². The minimum atomic E-state index is -1.19. The third-order valence-corrected chi connectivity index (χ3v) is 5.49. The lowest BCUT2D eigenvalue weighted by atomic mass is 10.1. The fraction of sp³-hybridized carbons (Fsp3) is 0.286. The van der Waals surface area contributed by atoms with Crippen molar-refractivity contribution in [2.75, 3.05) is 17.2 Å². The molecule has 0 unspecified atom stereocenters. The summed E-state index contributed by atoms with van der Waals surface area (Å²) in [5, 5.41) is 15.6. The average Bonchev–Trinajstić information content (AvgIpc) is 2.92. The van der Waals surface area contributed by atoms with Crippen molar-refractivity contribution in [2.24, 2.45) is 0 Å². The summed E-state index contributed by atoms with van der Waals surface area (Å²) in [6.45, 7) is 4.99. The van der Waals surface area contributed by atoms with Gasteiger partial charge in [-0.1, -0.05) is 36.3 Å². The van der Waals surface area contributed by atoms with Crippen LogP contribution >= 0.6 is 15.9 Å². The largest absolute Gasteiger partial charge is 0.464 e. The third kappa shape index (κ3) is 9.85. The number of hydrogen-bond acceptors (Lipinski definition) is 9. The summed E-state index contributed by atoms with van der Waals surface area (Å²) in [7, 11) is 0. The lowest BCUT2D eigenvalue weighted by Crippen LogP contribution is -2.40. The maximum atomic E-state index is 13.3. The smallest absolute Gasteiger partial charge is 0.432 e. The maximum absolute atomic E-state index is 13.3. The zero-order valence-electron chi connectivity index (χ0n) is 22.2. The number of benzene rings is 2. The van der Waals surface area contributed by atoms with E-state index >= 15 is 0 Å². The number of rotatable bonds is 11. The normalized spacial score (nSPS) is 11.6. The van der Waals surface area contributed by atoms with Gasteiger partial charge in [0.2, 0.25) is 11.8 Å². The summed E-state index contributed by atoms with van der Waals surface area (Å²) in [5.41, 5.74) is 3.66. The molecule has 3 aromatic rings. The summed E-state index contributed by atoms with van der Waals surface area (Å²) >= 11 is 3.31. The van der Waals surface area contributed by atoms with Crippen molar-refractivity contribution in [1.82, 2.24) is 15.4 Å². The van der Waals surface area contributed by atoms with Crippen LogP contribution in [0, 0.1) is 12.3 Å². The van der Waals surface area contributed by atoms with Crippen molar-refractivity contribution < 1.29 is 29.0 Å². The van der Waals surface area contributed by atoms with Gasteiger partial charge in [-0.05, 0) is 66.0 Å². The highest BCUT2D eigenvalue weighted by Crippen LogP contribution is 2.26. The van der Waals surface area contributed by atoms with Gasteiger partial charge in [0.1, 0.15) is 0 Å². The Bertz CT molecular complexity index is 1360. The molecule has 210 valence electrons. The van der Waals surface area contributed by atoms with Crippen molar-refractivity contribution in [2.45, 2.75) is 45.5 Å². The molecule has 0 radical (unpaired) electrons. The number of ether oxygens (including phenoxy) is 2. The standard InChI is InChI=1S/C28H30BrN5O6/c1-5-11-38-25-22(29)16-30-26(33-25)32-21-13-19(17-35)12-20(15-21)31-24(36)23(14-18-9-7-6-8-10-18)39-27(37)34-40-28(2,3)4/h1,6-10,12-13,15-16,23,35H,11,14,17H2,2-4H3,(H,31,36)(H,34,37)(H,30,32,33)/t23-/m1/s1. The summed E-state index contributed by atoms with van der Waals surface area (Å²) in [6.07, 6.45) is 4.77. The van der Waals surface area contributed by atoms with Gasteiger partial charge in [-0.15, -0.1) is 6.42 Å².